The van der Waals surface area contributed by atoms with Gasteiger partial charge >= 0.3 is 0 Å². The van der Waals surface area contributed by atoms with Gasteiger partial charge in [-0.1, -0.05) is 29.8 Å². The van der Waals surface area contributed by atoms with E-state index >= 15 is 0 Å². The van der Waals surface area contributed by atoms with Gasteiger partial charge in [0, 0.05) is 7.11 Å². The van der Waals surface area contributed by atoms with Crippen LogP contribution in [0.1, 0.15) is 56.1 Å². The van der Waals surface area contributed by atoms with Crippen LogP contribution in [0.5, 0.6) is 0 Å². The molecule has 2 aliphatic rings. The molecule has 2 atom stereocenters. The molecule has 1 heterocycles. The second-order valence-corrected chi connectivity index (χ2v) is 7.59. The van der Waals surface area contributed by atoms with E-state index in [-0.39, 0.29) is 0 Å². The summed E-state index contributed by atoms with van der Waals surface area (Å²) in [6, 6.07) is 8.94. The Morgan fingerprint density at radius 2 is 1.65 bits per heavy atom. The lowest BCUT2D eigenvalue weighted by Gasteiger charge is -2.37. The van der Waals surface area contributed by atoms with Crippen LogP contribution in [0.4, 0.5) is 0 Å². The molecule has 1 aromatic carbocycles. The van der Waals surface area contributed by atoms with Crippen molar-refractivity contribution in [3.63, 3.8) is 0 Å². The number of methoxy groups -OCH3 is 1. The molecule has 0 N–H and O–H groups in total. The van der Waals surface area contributed by atoms with E-state index in [4.69, 9.17) is 9.47 Å². The molecule has 2 fully saturated rings. The molecule has 2 unspecified atom stereocenters. The first-order chi connectivity index (χ1) is 11.2. The van der Waals surface area contributed by atoms with Crippen molar-refractivity contribution in [2.75, 3.05) is 13.7 Å². The molecule has 1 aliphatic carbocycles. The van der Waals surface area contributed by atoms with E-state index in [1.807, 2.05) is 7.11 Å². The SMILES string of the molecule is COC1CCC(C2CCC(CCc3ccc(C)cc3)OC2)CC1. The van der Waals surface area contributed by atoms with E-state index in [1.165, 1.54) is 56.1 Å². The molecule has 23 heavy (non-hydrogen) atoms. The maximum Gasteiger partial charge on any atom is 0.0578 e. The predicted molar refractivity (Wildman–Crippen MR) is 94.7 cm³/mol. The van der Waals surface area contributed by atoms with Gasteiger partial charge in [0.2, 0.25) is 0 Å². The maximum absolute atomic E-state index is 6.21. The highest BCUT2D eigenvalue weighted by molar-refractivity contribution is 5.21. The van der Waals surface area contributed by atoms with Crippen molar-refractivity contribution in [1.82, 2.24) is 0 Å². The first-order valence-electron chi connectivity index (χ1n) is 9.44. The van der Waals surface area contributed by atoms with Crippen LogP contribution in [-0.2, 0) is 15.9 Å². The molecule has 3 rings (SSSR count). The van der Waals surface area contributed by atoms with Crippen molar-refractivity contribution in [1.29, 1.82) is 0 Å². The lowest BCUT2D eigenvalue weighted by Crippen LogP contribution is -2.33. The van der Waals surface area contributed by atoms with Crippen LogP contribution in [0.15, 0.2) is 24.3 Å². The normalized spacial score (nSPS) is 31.9. The quantitative estimate of drug-likeness (QED) is 0.767. The fourth-order valence-corrected chi connectivity index (χ4v) is 4.30. The zero-order valence-electron chi connectivity index (χ0n) is 14.8. The predicted octanol–water partition coefficient (Wildman–Crippen LogP) is 4.93. The summed E-state index contributed by atoms with van der Waals surface area (Å²) < 4.78 is 11.7. The smallest absolute Gasteiger partial charge is 0.0578 e. The van der Waals surface area contributed by atoms with E-state index in [0.717, 1.165) is 24.9 Å². The third-order valence-corrected chi connectivity index (χ3v) is 6.00. The summed E-state index contributed by atoms with van der Waals surface area (Å²) in [5.41, 5.74) is 2.79. The minimum atomic E-state index is 0.475. The highest BCUT2D eigenvalue weighted by Gasteiger charge is 2.31. The fraction of sp³-hybridized carbons (Fsp3) is 0.714. The highest BCUT2D eigenvalue weighted by Crippen LogP contribution is 2.36. The molecule has 128 valence electrons. The van der Waals surface area contributed by atoms with Crippen molar-refractivity contribution in [2.45, 2.75) is 70.5 Å². The van der Waals surface area contributed by atoms with E-state index in [1.54, 1.807) is 0 Å². The van der Waals surface area contributed by atoms with Crippen LogP contribution in [0.2, 0.25) is 0 Å². The molecular formula is C21H32O2. The van der Waals surface area contributed by atoms with Gasteiger partial charge in [0.25, 0.3) is 0 Å². The monoisotopic (exact) mass is 316 g/mol. The minimum Gasteiger partial charge on any atom is -0.381 e. The van der Waals surface area contributed by atoms with Crippen molar-refractivity contribution >= 4 is 0 Å². The van der Waals surface area contributed by atoms with Crippen LogP contribution in [-0.4, -0.2) is 25.9 Å². The topological polar surface area (TPSA) is 18.5 Å². The van der Waals surface area contributed by atoms with Crippen molar-refractivity contribution in [3.8, 4) is 0 Å². The zero-order chi connectivity index (χ0) is 16.1. The Morgan fingerprint density at radius 3 is 2.26 bits per heavy atom. The van der Waals surface area contributed by atoms with Crippen molar-refractivity contribution < 1.29 is 9.47 Å². The highest BCUT2D eigenvalue weighted by atomic mass is 16.5. The maximum atomic E-state index is 6.21. The Balaban J connectivity index is 1.38. The van der Waals surface area contributed by atoms with Crippen LogP contribution in [0.3, 0.4) is 0 Å². The van der Waals surface area contributed by atoms with E-state index in [0.29, 0.717) is 12.2 Å². The molecular weight excluding hydrogens is 284 g/mol. The number of hydrogen-bond donors (Lipinski definition) is 0. The van der Waals surface area contributed by atoms with Gasteiger partial charge in [-0.05, 0) is 75.7 Å². The average Bonchev–Trinajstić information content (AvgIpc) is 2.62. The largest absolute Gasteiger partial charge is 0.381 e. The third kappa shape index (κ3) is 4.81. The zero-order valence-corrected chi connectivity index (χ0v) is 14.8. The molecule has 0 amide bonds. The minimum absolute atomic E-state index is 0.475. The second-order valence-electron chi connectivity index (χ2n) is 7.59. The Labute approximate surface area is 141 Å². The van der Waals surface area contributed by atoms with Gasteiger partial charge in [-0.2, -0.15) is 0 Å². The summed E-state index contributed by atoms with van der Waals surface area (Å²) in [5.74, 6) is 1.67. The molecule has 1 aliphatic heterocycles. The molecule has 0 bridgehead atoms. The van der Waals surface area contributed by atoms with E-state index < -0.39 is 0 Å². The number of benzene rings is 1. The summed E-state index contributed by atoms with van der Waals surface area (Å²) in [6.45, 7) is 3.13. The number of hydrogen-bond acceptors (Lipinski definition) is 2. The summed E-state index contributed by atoms with van der Waals surface area (Å²) in [7, 11) is 1.85. The first-order valence-corrected chi connectivity index (χ1v) is 9.44. The Kier molecular flexibility index (Phi) is 6.13. The first kappa shape index (κ1) is 17.0. The molecule has 0 aromatic heterocycles. The molecule has 0 radical (unpaired) electrons. The molecule has 2 nitrogen and oxygen atoms in total. The molecule has 2 heteroatoms. The average molecular weight is 316 g/mol. The molecule has 1 saturated carbocycles. The van der Waals surface area contributed by atoms with Crippen molar-refractivity contribution in [2.24, 2.45) is 11.8 Å². The van der Waals surface area contributed by atoms with Gasteiger partial charge in [0.1, 0.15) is 0 Å². The number of aryl methyl sites for hydroxylation is 2. The summed E-state index contributed by atoms with van der Waals surface area (Å²) in [6.07, 6.45) is 11.1. The number of rotatable bonds is 5. The van der Waals surface area contributed by atoms with Crippen LogP contribution in [0.25, 0.3) is 0 Å². The number of ether oxygens (including phenoxy) is 2. The van der Waals surface area contributed by atoms with Gasteiger partial charge < -0.3 is 9.47 Å². The lowest BCUT2D eigenvalue weighted by atomic mass is 9.76. The van der Waals surface area contributed by atoms with Gasteiger partial charge in [-0.3, -0.25) is 0 Å². The van der Waals surface area contributed by atoms with Crippen LogP contribution < -0.4 is 0 Å². The van der Waals surface area contributed by atoms with Gasteiger partial charge in [0.05, 0.1) is 18.8 Å². The van der Waals surface area contributed by atoms with Gasteiger partial charge in [0.15, 0.2) is 0 Å². The third-order valence-electron chi connectivity index (χ3n) is 6.00. The van der Waals surface area contributed by atoms with Crippen LogP contribution >= 0.6 is 0 Å². The van der Waals surface area contributed by atoms with Crippen LogP contribution in [0, 0.1) is 18.8 Å². The summed E-state index contributed by atoms with van der Waals surface area (Å²) >= 11 is 0. The van der Waals surface area contributed by atoms with Gasteiger partial charge in [-0.25, -0.2) is 0 Å². The van der Waals surface area contributed by atoms with Crippen molar-refractivity contribution in [3.05, 3.63) is 35.4 Å². The van der Waals surface area contributed by atoms with Gasteiger partial charge in [-0.15, -0.1) is 0 Å². The summed E-state index contributed by atoms with van der Waals surface area (Å²) in [4.78, 5) is 0. The molecule has 1 saturated heterocycles. The van der Waals surface area contributed by atoms with E-state index in [2.05, 4.69) is 31.2 Å². The molecule has 1 aromatic rings. The lowest BCUT2D eigenvalue weighted by molar-refractivity contribution is -0.0477. The molecule has 0 spiro atoms. The second kappa shape index (κ2) is 8.30. The fourth-order valence-electron chi connectivity index (χ4n) is 4.30. The van der Waals surface area contributed by atoms with E-state index in [9.17, 15) is 0 Å². The Morgan fingerprint density at radius 1 is 0.957 bits per heavy atom. The Bertz CT molecular complexity index is 451. The standard InChI is InChI=1S/C21H32O2/c1-16-3-5-17(6-4-16)7-11-21-14-10-19(15-23-21)18-8-12-20(22-2)13-9-18/h3-6,18-21H,7-15H2,1-2H3. The summed E-state index contributed by atoms with van der Waals surface area (Å²) in [5, 5.41) is 0. The Hall–Kier alpha value is -0.860.